The van der Waals surface area contributed by atoms with Crippen LogP contribution in [-0.2, 0) is 7.05 Å². The van der Waals surface area contributed by atoms with E-state index >= 15 is 0 Å². The summed E-state index contributed by atoms with van der Waals surface area (Å²) in [6.07, 6.45) is 0. The number of amides is 1. The van der Waals surface area contributed by atoms with Gasteiger partial charge in [0.1, 0.15) is 5.82 Å². The van der Waals surface area contributed by atoms with Crippen molar-refractivity contribution in [2.45, 2.75) is 33.7 Å². The van der Waals surface area contributed by atoms with Crippen LogP contribution in [0.1, 0.15) is 45.8 Å². The lowest BCUT2D eigenvalue weighted by Gasteiger charge is -2.27. The summed E-state index contributed by atoms with van der Waals surface area (Å²) in [4.78, 5) is 23.0. The molecule has 6 nitrogen and oxygen atoms in total. The number of carbonyl (C=O) groups excluding carboxylic acids is 1. The fourth-order valence-electron chi connectivity index (χ4n) is 3.61. The van der Waals surface area contributed by atoms with Gasteiger partial charge in [-0.2, -0.15) is 5.10 Å². The molecule has 0 aliphatic heterocycles. The largest absolute Gasteiger partial charge is 0.362 e. The van der Waals surface area contributed by atoms with Crippen molar-refractivity contribution >= 4 is 23.1 Å². The van der Waals surface area contributed by atoms with Gasteiger partial charge in [-0.05, 0) is 56.8 Å². The second kappa shape index (κ2) is 7.99. The van der Waals surface area contributed by atoms with Gasteiger partial charge in [-0.1, -0.05) is 0 Å². The number of hydrogen-bond donors (Lipinski definition) is 0. The maximum absolute atomic E-state index is 13.4. The van der Waals surface area contributed by atoms with E-state index < -0.39 is 0 Å². The number of hydrogen-bond acceptors (Lipinski definition) is 5. The number of aromatic nitrogens is 3. The highest BCUT2D eigenvalue weighted by Gasteiger charge is 2.26. The van der Waals surface area contributed by atoms with Crippen molar-refractivity contribution in [2.75, 3.05) is 26.0 Å². The Morgan fingerprint density at radius 1 is 1.17 bits per heavy atom. The quantitative estimate of drug-likeness (QED) is 0.626. The molecule has 0 bridgehead atoms. The molecule has 0 saturated carbocycles. The maximum atomic E-state index is 13.4. The molecular weight excluding hydrogens is 382 g/mol. The molecule has 0 aliphatic rings. The summed E-state index contributed by atoms with van der Waals surface area (Å²) >= 11 is 1.67. The maximum Gasteiger partial charge on any atom is 0.257 e. The number of thiophene rings is 1. The molecule has 0 radical (unpaired) electrons. The predicted octanol–water partition coefficient (Wildman–Crippen LogP) is 4.37. The van der Waals surface area contributed by atoms with Crippen LogP contribution in [0, 0.1) is 20.8 Å². The summed E-state index contributed by atoms with van der Waals surface area (Å²) < 4.78 is 1.87. The number of aryl methyl sites for hydroxylation is 3. The fraction of sp³-hybridized carbons (Fsp3) is 0.409. The molecule has 7 heteroatoms. The molecule has 0 saturated heterocycles. The van der Waals surface area contributed by atoms with Crippen molar-refractivity contribution in [1.82, 2.24) is 19.7 Å². The molecule has 154 valence electrons. The lowest BCUT2D eigenvalue weighted by Crippen LogP contribution is -2.31. The minimum absolute atomic E-state index is 0.0507. The van der Waals surface area contributed by atoms with Gasteiger partial charge in [-0.15, -0.1) is 11.3 Å². The van der Waals surface area contributed by atoms with Crippen LogP contribution in [0.25, 0.3) is 10.6 Å². The van der Waals surface area contributed by atoms with Gasteiger partial charge in [0, 0.05) is 39.4 Å². The molecule has 0 N–H and O–H groups in total. The Labute approximate surface area is 176 Å². The molecule has 0 spiro atoms. The van der Waals surface area contributed by atoms with Crippen molar-refractivity contribution in [1.29, 1.82) is 0 Å². The third kappa shape index (κ3) is 3.92. The Bertz CT molecular complexity index is 1050. The van der Waals surface area contributed by atoms with Gasteiger partial charge in [-0.3, -0.25) is 9.48 Å². The zero-order valence-electron chi connectivity index (χ0n) is 18.4. The first-order valence-corrected chi connectivity index (χ1v) is 10.5. The van der Waals surface area contributed by atoms with Crippen LogP contribution in [0.3, 0.4) is 0 Å². The van der Waals surface area contributed by atoms with Crippen molar-refractivity contribution in [3.8, 4) is 10.6 Å². The fourth-order valence-corrected chi connectivity index (χ4v) is 4.48. The van der Waals surface area contributed by atoms with Crippen LogP contribution < -0.4 is 4.90 Å². The van der Waals surface area contributed by atoms with Gasteiger partial charge in [-0.25, -0.2) is 4.98 Å². The highest BCUT2D eigenvalue weighted by Crippen LogP contribution is 2.31. The SMILES string of the molecule is Cc1csc(-c2ccc(C(=O)N(C)C(C)c3c(C)nn(C)c3C)c(N(C)C)n2)c1. The van der Waals surface area contributed by atoms with E-state index in [1.54, 1.807) is 16.2 Å². The molecule has 3 aromatic rings. The summed E-state index contributed by atoms with van der Waals surface area (Å²) in [5.74, 6) is 0.627. The zero-order chi connectivity index (χ0) is 21.5. The Morgan fingerprint density at radius 2 is 1.86 bits per heavy atom. The van der Waals surface area contributed by atoms with E-state index in [9.17, 15) is 4.79 Å². The highest BCUT2D eigenvalue weighted by molar-refractivity contribution is 7.13. The smallest absolute Gasteiger partial charge is 0.257 e. The van der Waals surface area contributed by atoms with Crippen LogP contribution in [0.15, 0.2) is 23.6 Å². The molecule has 29 heavy (non-hydrogen) atoms. The van der Waals surface area contributed by atoms with Gasteiger partial charge in [0.2, 0.25) is 0 Å². The average Bonchev–Trinajstić information content (AvgIpc) is 3.22. The first kappa shape index (κ1) is 21.0. The van der Waals surface area contributed by atoms with Gasteiger partial charge < -0.3 is 9.80 Å². The Balaban J connectivity index is 1.97. The Kier molecular flexibility index (Phi) is 5.80. The monoisotopic (exact) mass is 411 g/mol. The minimum Gasteiger partial charge on any atom is -0.362 e. The van der Waals surface area contributed by atoms with E-state index in [4.69, 9.17) is 4.98 Å². The third-order valence-electron chi connectivity index (χ3n) is 5.40. The summed E-state index contributed by atoms with van der Waals surface area (Å²) in [6.45, 7) is 8.14. The van der Waals surface area contributed by atoms with Crippen LogP contribution >= 0.6 is 11.3 Å². The summed E-state index contributed by atoms with van der Waals surface area (Å²) in [6, 6.07) is 5.85. The van der Waals surface area contributed by atoms with E-state index in [0.717, 1.165) is 27.5 Å². The summed E-state index contributed by atoms with van der Waals surface area (Å²) in [7, 11) is 7.61. The van der Waals surface area contributed by atoms with E-state index in [0.29, 0.717) is 11.4 Å². The van der Waals surface area contributed by atoms with Crippen LogP contribution in [0.5, 0.6) is 0 Å². The normalized spacial score (nSPS) is 12.1. The van der Waals surface area contributed by atoms with Gasteiger partial charge in [0.15, 0.2) is 0 Å². The van der Waals surface area contributed by atoms with E-state index in [1.807, 2.05) is 70.7 Å². The Hall–Kier alpha value is -2.67. The highest BCUT2D eigenvalue weighted by atomic mass is 32.1. The van der Waals surface area contributed by atoms with Gasteiger partial charge >= 0.3 is 0 Å². The lowest BCUT2D eigenvalue weighted by atomic mass is 10.0. The first-order valence-electron chi connectivity index (χ1n) is 9.63. The first-order chi connectivity index (χ1) is 13.6. The zero-order valence-corrected chi connectivity index (χ0v) is 19.3. The minimum atomic E-state index is -0.0918. The van der Waals surface area contributed by atoms with Gasteiger partial charge in [0.25, 0.3) is 5.91 Å². The number of anilines is 1. The second-order valence-electron chi connectivity index (χ2n) is 7.75. The average molecular weight is 412 g/mol. The molecule has 1 atom stereocenters. The van der Waals surface area contributed by atoms with Crippen molar-refractivity contribution in [3.63, 3.8) is 0 Å². The van der Waals surface area contributed by atoms with Crippen molar-refractivity contribution in [3.05, 3.63) is 51.7 Å². The number of carbonyl (C=O) groups is 1. The molecule has 3 heterocycles. The third-order valence-corrected chi connectivity index (χ3v) is 6.47. The van der Waals surface area contributed by atoms with E-state index in [2.05, 4.69) is 23.5 Å². The van der Waals surface area contributed by atoms with E-state index in [1.165, 1.54) is 5.56 Å². The van der Waals surface area contributed by atoms with Crippen molar-refractivity contribution in [2.24, 2.45) is 7.05 Å². The molecule has 0 aromatic carbocycles. The lowest BCUT2D eigenvalue weighted by molar-refractivity contribution is 0.0742. The summed E-state index contributed by atoms with van der Waals surface area (Å²) in [5.41, 5.74) is 5.82. The standard InChI is InChI=1S/C22H29N5OS/c1-13-11-19(29-12-13)18-10-9-17(21(23-18)25(5)6)22(28)26(7)15(3)20-14(2)24-27(8)16(20)4/h9-12,15H,1-8H3. The molecule has 0 fully saturated rings. The van der Waals surface area contributed by atoms with Gasteiger partial charge in [0.05, 0.1) is 27.9 Å². The second-order valence-corrected chi connectivity index (χ2v) is 8.66. The molecular formula is C22H29N5OS. The molecule has 0 aliphatic carbocycles. The molecule has 1 unspecified atom stereocenters. The van der Waals surface area contributed by atoms with Crippen LogP contribution in [-0.4, -0.2) is 46.7 Å². The topological polar surface area (TPSA) is 54.3 Å². The molecule has 1 amide bonds. The van der Waals surface area contributed by atoms with Crippen LogP contribution in [0.4, 0.5) is 5.82 Å². The predicted molar refractivity (Wildman–Crippen MR) is 120 cm³/mol. The number of rotatable bonds is 5. The molecule has 3 rings (SSSR count). The van der Waals surface area contributed by atoms with E-state index in [-0.39, 0.29) is 11.9 Å². The molecule has 3 aromatic heterocycles. The van der Waals surface area contributed by atoms with Crippen LogP contribution in [0.2, 0.25) is 0 Å². The van der Waals surface area contributed by atoms with Crippen molar-refractivity contribution < 1.29 is 4.79 Å². The summed E-state index contributed by atoms with van der Waals surface area (Å²) in [5, 5.41) is 6.61. The number of pyridine rings is 1. The Morgan fingerprint density at radius 3 is 2.38 bits per heavy atom. The number of nitrogens with zero attached hydrogens (tertiary/aromatic N) is 5.